The van der Waals surface area contributed by atoms with E-state index in [0.29, 0.717) is 12.5 Å². The lowest BCUT2D eigenvalue weighted by atomic mass is 9.89. The Labute approximate surface area is 115 Å². The molecule has 0 bridgehead atoms. The van der Waals surface area contributed by atoms with Crippen molar-refractivity contribution in [3.05, 3.63) is 23.3 Å². The van der Waals surface area contributed by atoms with E-state index in [4.69, 9.17) is 14.2 Å². The van der Waals surface area contributed by atoms with Gasteiger partial charge < -0.3 is 19.5 Å². The first-order valence-corrected chi connectivity index (χ1v) is 6.75. The predicted octanol–water partition coefficient (Wildman–Crippen LogP) is 2.32. The zero-order valence-electron chi connectivity index (χ0n) is 12.0. The predicted molar refractivity (Wildman–Crippen MR) is 75.1 cm³/mol. The molecule has 1 fully saturated rings. The van der Waals surface area contributed by atoms with Gasteiger partial charge in [0.25, 0.3) is 0 Å². The number of ether oxygens (including phenoxy) is 3. The van der Waals surface area contributed by atoms with Gasteiger partial charge in [0.15, 0.2) is 0 Å². The van der Waals surface area contributed by atoms with E-state index < -0.39 is 0 Å². The van der Waals surface area contributed by atoms with E-state index in [0.717, 1.165) is 30.2 Å². The van der Waals surface area contributed by atoms with Gasteiger partial charge in [-0.25, -0.2) is 0 Å². The van der Waals surface area contributed by atoms with E-state index in [9.17, 15) is 0 Å². The lowest BCUT2D eigenvalue weighted by Crippen LogP contribution is -2.28. The van der Waals surface area contributed by atoms with Crippen LogP contribution < -0.4 is 14.8 Å². The summed E-state index contributed by atoms with van der Waals surface area (Å²) in [6.07, 6.45) is 2.40. The highest BCUT2D eigenvalue weighted by Gasteiger charge is 2.22. The fourth-order valence-corrected chi connectivity index (χ4v) is 2.78. The molecule has 0 amide bonds. The smallest absolute Gasteiger partial charge is 0.131 e. The van der Waals surface area contributed by atoms with Crippen LogP contribution in [0.3, 0.4) is 0 Å². The Morgan fingerprint density at radius 1 is 1.21 bits per heavy atom. The third-order valence-electron chi connectivity index (χ3n) is 3.70. The van der Waals surface area contributed by atoms with Gasteiger partial charge in [-0.1, -0.05) is 6.07 Å². The molecule has 1 aromatic rings. The number of benzene rings is 1. The maximum absolute atomic E-state index is 5.64. The molecule has 0 radical (unpaired) electrons. The molecule has 106 valence electrons. The molecule has 1 atom stereocenters. The SMILES string of the molecule is COCc1c(OC)ccc(C2CCCNC2)c1OC. The maximum atomic E-state index is 5.64. The van der Waals surface area contributed by atoms with Gasteiger partial charge in [0.05, 0.1) is 26.4 Å². The van der Waals surface area contributed by atoms with E-state index in [1.54, 1.807) is 21.3 Å². The first kappa shape index (κ1) is 14.2. The summed E-state index contributed by atoms with van der Waals surface area (Å²) in [5, 5.41) is 3.45. The molecule has 0 saturated carbocycles. The number of hydrogen-bond donors (Lipinski definition) is 1. The van der Waals surface area contributed by atoms with Gasteiger partial charge in [0.1, 0.15) is 11.5 Å². The van der Waals surface area contributed by atoms with Gasteiger partial charge in [0, 0.05) is 19.6 Å². The summed E-state index contributed by atoms with van der Waals surface area (Å²) >= 11 is 0. The Bertz CT molecular complexity index is 414. The summed E-state index contributed by atoms with van der Waals surface area (Å²) in [6, 6.07) is 4.13. The van der Waals surface area contributed by atoms with Crippen molar-refractivity contribution in [2.45, 2.75) is 25.4 Å². The lowest BCUT2D eigenvalue weighted by Gasteiger charge is -2.26. The molecule has 1 aromatic carbocycles. The number of methoxy groups -OCH3 is 3. The highest BCUT2D eigenvalue weighted by molar-refractivity contribution is 5.51. The van der Waals surface area contributed by atoms with E-state index in [-0.39, 0.29) is 0 Å². The Morgan fingerprint density at radius 3 is 2.63 bits per heavy atom. The maximum Gasteiger partial charge on any atom is 0.131 e. The average molecular weight is 265 g/mol. The van der Waals surface area contributed by atoms with Crippen LogP contribution in [-0.4, -0.2) is 34.4 Å². The van der Waals surface area contributed by atoms with Crippen molar-refractivity contribution in [1.82, 2.24) is 5.32 Å². The molecule has 1 aliphatic heterocycles. The van der Waals surface area contributed by atoms with E-state index in [1.807, 2.05) is 6.07 Å². The summed E-state index contributed by atoms with van der Waals surface area (Å²) in [5.74, 6) is 2.24. The number of nitrogens with one attached hydrogen (secondary N) is 1. The second kappa shape index (κ2) is 6.78. The van der Waals surface area contributed by atoms with Crippen LogP contribution in [0.5, 0.6) is 11.5 Å². The van der Waals surface area contributed by atoms with Crippen molar-refractivity contribution in [2.75, 3.05) is 34.4 Å². The van der Waals surface area contributed by atoms with Crippen LogP contribution in [0.2, 0.25) is 0 Å². The van der Waals surface area contributed by atoms with Crippen LogP contribution >= 0.6 is 0 Å². The minimum Gasteiger partial charge on any atom is -0.496 e. The zero-order chi connectivity index (χ0) is 13.7. The molecular formula is C15H23NO3. The summed E-state index contributed by atoms with van der Waals surface area (Å²) in [6.45, 7) is 2.62. The monoisotopic (exact) mass is 265 g/mol. The second-order valence-corrected chi connectivity index (χ2v) is 4.85. The van der Waals surface area contributed by atoms with Gasteiger partial charge in [-0.15, -0.1) is 0 Å². The molecular weight excluding hydrogens is 242 g/mol. The van der Waals surface area contributed by atoms with Crippen LogP contribution in [0.15, 0.2) is 12.1 Å². The number of piperidine rings is 1. The van der Waals surface area contributed by atoms with Crippen molar-refractivity contribution in [2.24, 2.45) is 0 Å². The fourth-order valence-electron chi connectivity index (χ4n) is 2.78. The van der Waals surface area contributed by atoms with Gasteiger partial charge in [0.2, 0.25) is 0 Å². The Morgan fingerprint density at radius 2 is 2.05 bits per heavy atom. The van der Waals surface area contributed by atoms with Crippen molar-refractivity contribution in [1.29, 1.82) is 0 Å². The summed E-state index contributed by atoms with van der Waals surface area (Å²) < 4.78 is 16.3. The van der Waals surface area contributed by atoms with Crippen LogP contribution in [0.4, 0.5) is 0 Å². The first-order chi connectivity index (χ1) is 9.31. The number of rotatable bonds is 5. The first-order valence-electron chi connectivity index (χ1n) is 6.75. The minimum atomic E-state index is 0.500. The molecule has 1 aliphatic rings. The van der Waals surface area contributed by atoms with Crippen LogP contribution in [0, 0.1) is 0 Å². The molecule has 1 saturated heterocycles. The zero-order valence-corrected chi connectivity index (χ0v) is 12.0. The molecule has 4 nitrogen and oxygen atoms in total. The van der Waals surface area contributed by atoms with Crippen molar-refractivity contribution in [3.8, 4) is 11.5 Å². The molecule has 1 N–H and O–H groups in total. The van der Waals surface area contributed by atoms with Crippen LogP contribution in [-0.2, 0) is 11.3 Å². The second-order valence-electron chi connectivity index (χ2n) is 4.85. The third kappa shape index (κ3) is 3.01. The summed E-state index contributed by atoms with van der Waals surface area (Å²) in [5.41, 5.74) is 2.25. The summed E-state index contributed by atoms with van der Waals surface area (Å²) in [7, 11) is 5.08. The lowest BCUT2D eigenvalue weighted by molar-refractivity contribution is 0.177. The van der Waals surface area contributed by atoms with Crippen LogP contribution in [0.1, 0.15) is 29.9 Å². The largest absolute Gasteiger partial charge is 0.496 e. The third-order valence-corrected chi connectivity index (χ3v) is 3.70. The molecule has 0 aliphatic carbocycles. The van der Waals surface area contributed by atoms with Crippen molar-refractivity contribution < 1.29 is 14.2 Å². The topological polar surface area (TPSA) is 39.7 Å². The van der Waals surface area contributed by atoms with Gasteiger partial charge in [-0.05, 0) is 31.0 Å². The molecule has 0 aromatic heterocycles. The highest BCUT2D eigenvalue weighted by atomic mass is 16.5. The molecule has 0 spiro atoms. The quantitative estimate of drug-likeness (QED) is 0.887. The van der Waals surface area contributed by atoms with Gasteiger partial charge in [-0.3, -0.25) is 0 Å². The molecule has 4 heteroatoms. The Kier molecular flexibility index (Phi) is 5.05. The molecule has 1 heterocycles. The number of hydrogen-bond acceptors (Lipinski definition) is 4. The van der Waals surface area contributed by atoms with E-state index >= 15 is 0 Å². The normalized spacial score (nSPS) is 19.2. The summed E-state index contributed by atoms with van der Waals surface area (Å²) in [4.78, 5) is 0. The molecule has 19 heavy (non-hydrogen) atoms. The van der Waals surface area contributed by atoms with Crippen LogP contribution in [0.25, 0.3) is 0 Å². The van der Waals surface area contributed by atoms with Crippen molar-refractivity contribution >= 4 is 0 Å². The Balaban J connectivity index is 2.39. The fraction of sp³-hybridized carbons (Fsp3) is 0.600. The highest BCUT2D eigenvalue weighted by Crippen LogP contribution is 2.38. The molecule has 2 rings (SSSR count). The standard InChI is InChI=1S/C15H23NO3/c1-17-10-13-14(18-2)7-6-12(15(13)19-3)11-5-4-8-16-9-11/h6-7,11,16H,4-5,8-10H2,1-3H3. The van der Waals surface area contributed by atoms with Crippen molar-refractivity contribution in [3.63, 3.8) is 0 Å². The Hall–Kier alpha value is -1.26. The minimum absolute atomic E-state index is 0.500. The van der Waals surface area contributed by atoms with Gasteiger partial charge >= 0.3 is 0 Å². The van der Waals surface area contributed by atoms with E-state index in [1.165, 1.54) is 18.4 Å². The average Bonchev–Trinajstić information content (AvgIpc) is 2.48. The van der Waals surface area contributed by atoms with E-state index in [2.05, 4.69) is 11.4 Å². The van der Waals surface area contributed by atoms with Gasteiger partial charge in [-0.2, -0.15) is 0 Å². The molecule has 1 unspecified atom stereocenters.